The smallest absolute Gasteiger partial charge is 0.336 e. The van der Waals surface area contributed by atoms with Crippen LogP contribution in [0.25, 0.3) is 11.0 Å². The van der Waals surface area contributed by atoms with Crippen molar-refractivity contribution < 1.29 is 23.7 Å². The summed E-state index contributed by atoms with van der Waals surface area (Å²) in [7, 11) is 0. The number of fused-ring (bicyclic) bond motifs is 2. The number of quaternary nitrogens is 2. The molecule has 0 spiro atoms. The van der Waals surface area contributed by atoms with Crippen molar-refractivity contribution in [1.82, 2.24) is 0 Å². The Morgan fingerprint density at radius 3 is 2.45 bits per heavy atom. The van der Waals surface area contributed by atoms with Crippen LogP contribution in [0.15, 0.2) is 51.7 Å². The van der Waals surface area contributed by atoms with Crippen molar-refractivity contribution in [3.05, 3.63) is 69.6 Å². The zero-order valence-electron chi connectivity index (χ0n) is 16.6. The van der Waals surface area contributed by atoms with Crippen molar-refractivity contribution in [1.29, 1.82) is 0 Å². The van der Waals surface area contributed by atoms with Gasteiger partial charge in [0, 0.05) is 22.6 Å². The topological polar surface area (TPSA) is 57.5 Å². The molecule has 3 aromatic rings. The maximum atomic E-state index is 12.0. The number of ether oxygens (including phenoxy) is 2. The van der Waals surface area contributed by atoms with Crippen LogP contribution in [-0.4, -0.2) is 33.0 Å². The van der Waals surface area contributed by atoms with E-state index >= 15 is 0 Å². The summed E-state index contributed by atoms with van der Waals surface area (Å²) in [6, 6.07) is 14.0. The molecular weight excluding hydrogens is 368 g/mol. The second kappa shape index (κ2) is 7.54. The van der Waals surface area contributed by atoms with Crippen LogP contribution < -0.4 is 24.9 Å². The van der Waals surface area contributed by atoms with Crippen molar-refractivity contribution >= 4 is 11.0 Å². The zero-order valence-corrected chi connectivity index (χ0v) is 16.6. The standard InChI is InChI=1S/C23H24N2O4/c1-16-2-4-19-18(12-23(26)29-21(19)10-16)14-25-8-6-24(7-9-25)13-17-3-5-20-22(11-17)28-15-27-20/h2-5,10-12H,6-9,13-15H2,1H3/p+2. The molecule has 0 amide bonds. The molecule has 0 aliphatic carbocycles. The Kier molecular flexibility index (Phi) is 4.73. The van der Waals surface area contributed by atoms with E-state index in [2.05, 4.69) is 24.3 Å². The van der Waals surface area contributed by atoms with Gasteiger partial charge in [-0.2, -0.15) is 0 Å². The average molecular weight is 394 g/mol. The van der Waals surface area contributed by atoms with Crippen LogP contribution in [0.2, 0.25) is 0 Å². The molecule has 1 fully saturated rings. The van der Waals surface area contributed by atoms with Gasteiger partial charge in [-0.1, -0.05) is 12.1 Å². The van der Waals surface area contributed by atoms with Crippen LogP contribution in [0.1, 0.15) is 16.7 Å². The van der Waals surface area contributed by atoms with Crippen molar-refractivity contribution in [2.24, 2.45) is 0 Å². The summed E-state index contributed by atoms with van der Waals surface area (Å²) in [5.41, 5.74) is 3.91. The monoisotopic (exact) mass is 394 g/mol. The summed E-state index contributed by atoms with van der Waals surface area (Å²) in [6.07, 6.45) is 0. The summed E-state index contributed by atoms with van der Waals surface area (Å²) in [4.78, 5) is 15.1. The minimum atomic E-state index is -0.260. The minimum Gasteiger partial charge on any atom is -0.454 e. The maximum Gasteiger partial charge on any atom is 0.336 e. The largest absolute Gasteiger partial charge is 0.454 e. The van der Waals surface area contributed by atoms with Gasteiger partial charge in [0.2, 0.25) is 6.79 Å². The first-order chi connectivity index (χ1) is 14.1. The molecule has 2 aliphatic heterocycles. The molecule has 0 atom stereocenters. The average Bonchev–Trinajstić information content (AvgIpc) is 3.17. The van der Waals surface area contributed by atoms with E-state index in [1.807, 2.05) is 19.1 Å². The van der Waals surface area contributed by atoms with Crippen LogP contribution in [0.4, 0.5) is 0 Å². The van der Waals surface area contributed by atoms with Gasteiger partial charge in [-0.15, -0.1) is 0 Å². The van der Waals surface area contributed by atoms with E-state index in [-0.39, 0.29) is 5.63 Å². The molecule has 2 N–H and O–H groups in total. The van der Waals surface area contributed by atoms with Crippen molar-refractivity contribution in [2.75, 3.05) is 33.0 Å². The van der Waals surface area contributed by atoms with E-state index in [9.17, 15) is 4.79 Å². The number of rotatable bonds is 4. The van der Waals surface area contributed by atoms with Gasteiger partial charge in [-0.3, -0.25) is 0 Å². The fraction of sp³-hybridized carbons (Fsp3) is 0.348. The molecule has 1 aromatic heterocycles. The predicted molar refractivity (Wildman–Crippen MR) is 109 cm³/mol. The molecule has 0 radical (unpaired) electrons. The molecule has 2 aliphatic rings. The van der Waals surface area contributed by atoms with Crippen LogP contribution >= 0.6 is 0 Å². The van der Waals surface area contributed by atoms with Crippen LogP contribution in [0.3, 0.4) is 0 Å². The van der Waals surface area contributed by atoms with E-state index in [4.69, 9.17) is 13.9 Å². The number of hydrogen-bond donors (Lipinski definition) is 2. The highest BCUT2D eigenvalue weighted by Gasteiger charge is 2.25. The Bertz CT molecular complexity index is 1100. The number of benzene rings is 2. The fourth-order valence-electron chi connectivity index (χ4n) is 4.40. The predicted octanol–water partition coefficient (Wildman–Crippen LogP) is 0.314. The number of nitrogens with one attached hydrogen (secondary N) is 2. The molecule has 0 saturated carbocycles. The van der Waals surface area contributed by atoms with E-state index in [1.54, 1.807) is 11.0 Å². The summed E-state index contributed by atoms with van der Waals surface area (Å²) in [5.74, 6) is 1.70. The van der Waals surface area contributed by atoms with Crippen LogP contribution in [-0.2, 0) is 13.1 Å². The first kappa shape index (κ1) is 18.2. The molecule has 29 heavy (non-hydrogen) atoms. The lowest BCUT2D eigenvalue weighted by Gasteiger charge is -2.30. The highest BCUT2D eigenvalue weighted by Crippen LogP contribution is 2.32. The van der Waals surface area contributed by atoms with Gasteiger partial charge < -0.3 is 23.7 Å². The lowest BCUT2D eigenvalue weighted by Crippen LogP contribution is -3.27. The molecular formula is C23H26N2O4+2. The van der Waals surface area contributed by atoms with Gasteiger partial charge >= 0.3 is 5.63 Å². The first-order valence-corrected chi connectivity index (χ1v) is 10.2. The lowest BCUT2D eigenvalue weighted by molar-refractivity contribution is -1.02. The third kappa shape index (κ3) is 3.86. The molecule has 0 bridgehead atoms. The molecule has 3 heterocycles. The molecule has 6 nitrogen and oxygen atoms in total. The second-order valence-electron chi connectivity index (χ2n) is 8.13. The molecule has 150 valence electrons. The highest BCUT2D eigenvalue weighted by atomic mass is 16.7. The lowest BCUT2D eigenvalue weighted by atomic mass is 10.1. The number of aryl methyl sites for hydroxylation is 1. The van der Waals surface area contributed by atoms with Gasteiger partial charge in [-0.05, 0) is 36.8 Å². The number of hydrogen-bond acceptors (Lipinski definition) is 4. The highest BCUT2D eigenvalue weighted by molar-refractivity contribution is 5.80. The maximum absolute atomic E-state index is 12.0. The van der Waals surface area contributed by atoms with Crippen molar-refractivity contribution in [3.8, 4) is 11.5 Å². The molecule has 5 rings (SSSR count). The second-order valence-corrected chi connectivity index (χ2v) is 8.13. The summed E-state index contributed by atoms with van der Waals surface area (Å²) in [6.45, 7) is 8.61. The third-order valence-corrected chi connectivity index (χ3v) is 5.98. The Hall–Kier alpha value is -2.83. The quantitative estimate of drug-likeness (QED) is 0.626. The third-order valence-electron chi connectivity index (χ3n) is 5.98. The van der Waals surface area contributed by atoms with E-state index in [1.165, 1.54) is 10.5 Å². The van der Waals surface area contributed by atoms with Gasteiger partial charge in [0.05, 0.1) is 0 Å². The summed E-state index contributed by atoms with van der Waals surface area (Å²) < 4.78 is 16.3. The Morgan fingerprint density at radius 1 is 0.862 bits per heavy atom. The molecule has 2 aromatic carbocycles. The van der Waals surface area contributed by atoms with Gasteiger partial charge in [0.1, 0.15) is 44.9 Å². The Balaban J connectivity index is 1.23. The molecule has 0 unspecified atom stereocenters. The fourth-order valence-corrected chi connectivity index (χ4v) is 4.40. The SMILES string of the molecule is Cc1ccc2c(C[NH+]3CC[NH+](Cc4ccc5c(c4)OCO5)CC3)cc(=O)oc2c1. The summed E-state index contributed by atoms with van der Waals surface area (Å²) in [5, 5.41) is 1.05. The van der Waals surface area contributed by atoms with Crippen LogP contribution in [0.5, 0.6) is 11.5 Å². The Labute approximate surface area is 169 Å². The van der Waals surface area contributed by atoms with Crippen LogP contribution in [0, 0.1) is 6.92 Å². The van der Waals surface area contributed by atoms with Gasteiger partial charge in [-0.25, -0.2) is 4.79 Å². The number of piperazine rings is 1. The molecule has 1 saturated heterocycles. The van der Waals surface area contributed by atoms with E-state index in [0.29, 0.717) is 12.4 Å². The first-order valence-electron chi connectivity index (χ1n) is 10.2. The zero-order chi connectivity index (χ0) is 19.8. The van der Waals surface area contributed by atoms with E-state index in [0.717, 1.165) is 67.3 Å². The normalized spacial score (nSPS) is 20.9. The van der Waals surface area contributed by atoms with Gasteiger partial charge in [0.25, 0.3) is 0 Å². The Morgan fingerprint density at radius 2 is 1.62 bits per heavy atom. The minimum absolute atomic E-state index is 0.260. The summed E-state index contributed by atoms with van der Waals surface area (Å²) >= 11 is 0. The van der Waals surface area contributed by atoms with Crippen molar-refractivity contribution in [2.45, 2.75) is 20.0 Å². The van der Waals surface area contributed by atoms with Crippen molar-refractivity contribution in [3.63, 3.8) is 0 Å². The van der Waals surface area contributed by atoms with E-state index < -0.39 is 0 Å². The van der Waals surface area contributed by atoms with Gasteiger partial charge in [0.15, 0.2) is 11.5 Å². The molecule has 6 heteroatoms.